The molecule has 0 saturated heterocycles. The molecule has 1 N–H and O–H groups in total. The largest absolute Gasteiger partial charge is 0.468 e. The van der Waals surface area contributed by atoms with Crippen molar-refractivity contribution in [1.82, 2.24) is 9.78 Å². The quantitative estimate of drug-likeness (QED) is 0.845. The van der Waals surface area contributed by atoms with Crippen LogP contribution >= 0.6 is 0 Å². The molecule has 21 heavy (non-hydrogen) atoms. The molecule has 1 amide bonds. The van der Waals surface area contributed by atoms with Gasteiger partial charge in [0.1, 0.15) is 12.4 Å². The summed E-state index contributed by atoms with van der Waals surface area (Å²) in [6.45, 7) is -0.0420. The summed E-state index contributed by atoms with van der Waals surface area (Å²) in [5, 5.41) is 6.50. The Morgan fingerprint density at radius 3 is 2.86 bits per heavy atom. The van der Waals surface area contributed by atoms with E-state index in [9.17, 15) is 14.0 Å². The minimum Gasteiger partial charge on any atom is -0.468 e. The van der Waals surface area contributed by atoms with E-state index in [2.05, 4.69) is 15.2 Å². The summed E-state index contributed by atoms with van der Waals surface area (Å²) >= 11 is 0. The molecule has 0 bridgehead atoms. The van der Waals surface area contributed by atoms with Gasteiger partial charge in [0.05, 0.1) is 25.4 Å². The molecular formula is C14H14FN3O3. The second-order valence-electron chi connectivity index (χ2n) is 4.32. The maximum Gasteiger partial charge on any atom is 0.327 e. The van der Waals surface area contributed by atoms with Crippen LogP contribution in [-0.2, 0) is 27.3 Å². The van der Waals surface area contributed by atoms with Crippen LogP contribution in [-0.4, -0.2) is 28.8 Å². The van der Waals surface area contributed by atoms with Crippen LogP contribution in [0.4, 0.5) is 10.1 Å². The summed E-state index contributed by atoms with van der Waals surface area (Å²) in [4.78, 5) is 22.9. The fourth-order valence-electron chi connectivity index (χ4n) is 1.73. The molecule has 2 aromatic rings. The number of halogens is 1. The molecule has 0 atom stereocenters. The molecule has 1 aromatic carbocycles. The molecule has 0 fully saturated rings. The first-order chi connectivity index (χ1) is 10.1. The summed E-state index contributed by atoms with van der Waals surface area (Å²) in [6, 6.07) is 6.08. The summed E-state index contributed by atoms with van der Waals surface area (Å²) in [5.74, 6) is -1.23. The highest BCUT2D eigenvalue weighted by atomic mass is 19.1. The van der Waals surface area contributed by atoms with E-state index in [1.54, 1.807) is 18.2 Å². The summed E-state index contributed by atoms with van der Waals surface area (Å²) in [5.41, 5.74) is 0.747. The maximum absolute atomic E-state index is 13.4. The predicted molar refractivity (Wildman–Crippen MR) is 73.0 cm³/mol. The van der Waals surface area contributed by atoms with Gasteiger partial charge >= 0.3 is 5.97 Å². The number of nitrogens with one attached hydrogen (secondary N) is 1. The van der Waals surface area contributed by atoms with E-state index in [1.165, 1.54) is 30.3 Å². The number of methoxy groups -OCH3 is 1. The second-order valence-corrected chi connectivity index (χ2v) is 4.32. The van der Waals surface area contributed by atoms with Crippen LogP contribution in [0.2, 0.25) is 0 Å². The lowest BCUT2D eigenvalue weighted by atomic mass is 10.1. The number of benzene rings is 1. The number of hydrogen-bond acceptors (Lipinski definition) is 4. The van der Waals surface area contributed by atoms with Crippen LogP contribution in [0.15, 0.2) is 36.7 Å². The smallest absolute Gasteiger partial charge is 0.327 e. The SMILES string of the molecule is COC(=O)Cn1cc(NC(=O)Cc2ccccc2F)cn1. The minimum absolute atomic E-state index is 0.0420. The third kappa shape index (κ3) is 4.13. The van der Waals surface area contributed by atoms with Gasteiger partial charge in [0, 0.05) is 6.20 Å². The van der Waals surface area contributed by atoms with Gasteiger partial charge in [-0.1, -0.05) is 18.2 Å². The Balaban J connectivity index is 1.94. The Hall–Kier alpha value is -2.70. The molecule has 1 heterocycles. The molecule has 0 saturated carbocycles. The molecule has 0 spiro atoms. The van der Waals surface area contributed by atoms with E-state index in [0.717, 1.165) is 0 Å². The molecule has 7 heteroatoms. The van der Waals surface area contributed by atoms with Crippen molar-refractivity contribution in [3.63, 3.8) is 0 Å². The van der Waals surface area contributed by atoms with E-state index in [4.69, 9.17) is 0 Å². The van der Waals surface area contributed by atoms with Gasteiger partial charge < -0.3 is 10.1 Å². The highest BCUT2D eigenvalue weighted by Gasteiger charge is 2.10. The zero-order valence-electron chi connectivity index (χ0n) is 11.4. The third-order valence-electron chi connectivity index (χ3n) is 2.74. The molecule has 0 unspecified atom stereocenters. The topological polar surface area (TPSA) is 73.2 Å². The lowest BCUT2D eigenvalue weighted by Crippen LogP contribution is -2.15. The Morgan fingerprint density at radius 1 is 1.38 bits per heavy atom. The van der Waals surface area contributed by atoms with E-state index in [-0.39, 0.29) is 18.9 Å². The van der Waals surface area contributed by atoms with E-state index in [1.807, 2.05) is 0 Å². The van der Waals surface area contributed by atoms with Crippen molar-refractivity contribution in [3.05, 3.63) is 48.0 Å². The summed E-state index contributed by atoms with van der Waals surface area (Å²) in [6.07, 6.45) is 2.83. The average molecular weight is 291 g/mol. The van der Waals surface area contributed by atoms with Crippen molar-refractivity contribution >= 4 is 17.6 Å². The highest BCUT2D eigenvalue weighted by Crippen LogP contribution is 2.10. The van der Waals surface area contributed by atoms with Crippen molar-refractivity contribution in [2.24, 2.45) is 0 Å². The van der Waals surface area contributed by atoms with Crippen LogP contribution in [0.5, 0.6) is 0 Å². The zero-order chi connectivity index (χ0) is 15.2. The second kappa shape index (κ2) is 6.65. The van der Waals surface area contributed by atoms with Crippen LogP contribution in [0.3, 0.4) is 0 Å². The lowest BCUT2D eigenvalue weighted by molar-refractivity contribution is -0.141. The number of carbonyl (C=O) groups is 2. The van der Waals surface area contributed by atoms with Gasteiger partial charge in [-0.25, -0.2) is 4.39 Å². The first-order valence-electron chi connectivity index (χ1n) is 6.21. The fraction of sp³-hybridized carbons (Fsp3) is 0.214. The molecule has 0 radical (unpaired) electrons. The van der Waals surface area contributed by atoms with Crippen molar-refractivity contribution in [1.29, 1.82) is 0 Å². The standard InChI is InChI=1S/C14H14FN3O3/c1-21-14(20)9-18-8-11(7-16-18)17-13(19)6-10-4-2-3-5-12(10)15/h2-5,7-8H,6,9H2,1H3,(H,17,19). The Labute approximate surface area is 120 Å². The number of anilines is 1. The number of aromatic nitrogens is 2. The van der Waals surface area contributed by atoms with Crippen molar-refractivity contribution in [3.8, 4) is 0 Å². The number of nitrogens with zero attached hydrogens (tertiary/aromatic N) is 2. The van der Waals surface area contributed by atoms with Gasteiger partial charge in [0.25, 0.3) is 0 Å². The van der Waals surface area contributed by atoms with Gasteiger partial charge in [-0.05, 0) is 11.6 Å². The molecule has 1 aromatic heterocycles. The lowest BCUT2D eigenvalue weighted by Gasteiger charge is -2.03. The monoisotopic (exact) mass is 291 g/mol. The first kappa shape index (κ1) is 14.7. The number of hydrogen-bond donors (Lipinski definition) is 1. The number of amides is 1. The normalized spacial score (nSPS) is 10.2. The van der Waals surface area contributed by atoms with Crippen molar-refractivity contribution in [2.75, 3.05) is 12.4 Å². The van der Waals surface area contributed by atoms with Crippen molar-refractivity contribution in [2.45, 2.75) is 13.0 Å². The average Bonchev–Trinajstić information content (AvgIpc) is 2.88. The molecule has 0 aliphatic carbocycles. The van der Waals surface area contributed by atoms with Crippen LogP contribution in [0, 0.1) is 5.82 Å². The number of ether oxygens (including phenoxy) is 1. The number of esters is 1. The van der Waals surface area contributed by atoms with Gasteiger partial charge in [-0.3, -0.25) is 14.3 Å². The fourth-order valence-corrected chi connectivity index (χ4v) is 1.73. The first-order valence-corrected chi connectivity index (χ1v) is 6.21. The van der Waals surface area contributed by atoms with Gasteiger partial charge in [0.15, 0.2) is 0 Å². The number of carbonyl (C=O) groups excluding carboxylic acids is 2. The molecule has 0 aliphatic heterocycles. The van der Waals surface area contributed by atoms with E-state index in [0.29, 0.717) is 11.3 Å². The van der Waals surface area contributed by atoms with Crippen LogP contribution in [0.25, 0.3) is 0 Å². The third-order valence-corrected chi connectivity index (χ3v) is 2.74. The Morgan fingerprint density at radius 2 is 2.14 bits per heavy atom. The Bertz CT molecular complexity index is 654. The van der Waals surface area contributed by atoms with Crippen molar-refractivity contribution < 1.29 is 18.7 Å². The zero-order valence-corrected chi connectivity index (χ0v) is 11.4. The van der Waals surface area contributed by atoms with Crippen LogP contribution < -0.4 is 5.32 Å². The Kier molecular flexibility index (Phi) is 4.65. The van der Waals surface area contributed by atoms with E-state index >= 15 is 0 Å². The molecule has 2 rings (SSSR count). The van der Waals surface area contributed by atoms with Gasteiger partial charge in [-0.15, -0.1) is 0 Å². The number of rotatable bonds is 5. The van der Waals surface area contributed by atoms with E-state index < -0.39 is 11.8 Å². The minimum atomic E-state index is -0.442. The molecule has 0 aliphatic rings. The van der Waals surface area contributed by atoms with Gasteiger partial charge in [0.2, 0.25) is 5.91 Å². The maximum atomic E-state index is 13.4. The van der Waals surface area contributed by atoms with Gasteiger partial charge in [-0.2, -0.15) is 5.10 Å². The molecule has 110 valence electrons. The highest BCUT2D eigenvalue weighted by molar-refractivity contribution is 5.92. The molecule has 6 nitrogen and oxygen atoms in total. The predicted octanol–water partition coefficient (Wildman–Crippen LogP) is 1.38. The van der Waals surface area contributed by atoms with Crippen LogP contribution in [0.1, 0.15) is 5.56 Å². The summed E-state index contributed by atoms with van der Waals surface area (Å²) < 4.78 is 19.3. The molecular weight excluding hydrogens is 277 g/mol. The summed E-state index contributed by atoms with van der Waals surface area (Å²) in [7, 11) is 1.28.